The van der Waals surface area contributed by atoms with E-state index in [9.17, 15) is 8.42 Å². The van der Waals surface area contributed by atoms with E-state index in [1.165, 1.54) is 11.3 Å². The first kappa shape index (κ1) is 15.6. The van der Waals surface area contributed by atoms with E-state index in [0.717, 1.165) is 13.0 Å². The highest BCUT2D eigenvalue weighted by atomic mass is 32.2. The first-order valence-electron chi connectivity index (χ1n) is 5.80. The zero-order valence-electron chi connectivity index (χ0n) is 11.0. The van der Waals surface area contributed by atoms with Gasteiger partial charge in [0.2, 0.25) is 10.0 Å². The summed E-state index contributed by atoms with van der Waals surface area (Å²) in [7, 11) is 0.485. The lowest BCUT2D eigenvalue weighted by molar-refractivity contribution is 0.379. The minimum atomic E-state index is -3.44. The van der Waals surface area contributed by atoms with Gasteiger partial charge in [0.15, 0.2) is 0 Å². The molecule has 18 heavy (non-hydrogen) atoms. The van der Waals surface area contributed by atoms with Crippen LogP contribution in [0, 0.1) is 0 Å². The summed E-state index contributed by atoms with van der Waals surface area (Å²) in [5, 5.41) is 1.75. The van der Waals surface area contributed by atoms with Gasteiger partial charge >= 0.3 is 0 Å². The van der Waals surface area contributed by atoms with E-state index in [1.807, 2.05) is 25.9 Å². The van der Waals surface area contributed by atoms with Gasteiger partial charge in [0, 0.05) is 17.5 Å². The van der Waals surface area contributed by atoms with Crippen molar-refractivity contribution in [2.45, 2.75) is 30.8 Å². The summed E-state index contributed by atoms with van der Waals surface area (Å²) in [6.07, 6.45) is 0.772. The minimum absolute atomic E-state index is 0.0945. The van der Waals surface area contributed by atoms with Gasteiger partial charge in [-0.05, 0) is 45.4 Å². The molecular weight excluding hydrogens is 270 g/mol. The van der Waals surface area contributed by atoms with Crippen LogP contribution in [0.4, 0.5) is 0 Å². The van der Waals surface area contributed by atoms with Gasteiger partial charge in [-0.15, -0.1) is 11.3 Å². The van der Waals surface area contributed by atoms with E-state index in [0.29, 0.717) is 9.77 Å². The lowest BCUT2D eigenvalue weighted by Crippen LogP contribution is -2.35. The predicted molar refractivity (Wildman–Crippen MR) is 75.2 cm³/mol. The lowest BCUT2D eigenvalue weighted by atomic mass is 10.2. The molecule has 3 N–H and O–H groups in total. The van der Waals surface area contributed by atoms with Crippen LogP contribution in [-0.2, 0) is 16.6 Å². The first-order chi connectivity index (χ1) is 8.36. The fourth-order valence-corrected chi connectivity index (χ4v) is 4.17. The SMILES string of the molecule is CC(CCN(C)C)NS(=O)(=O)c1ccsc1CN. The van der Waals surface area contributed by atoms with Crippen LogP contribution in [0.25, 0.3) is 0 Å². The highest BCUT2D eigenvalue weighted by Gasteiger charge is 2.21. The molecule has 1 unspecified atom stereocenters. The molecule has 1 aromatic rings. The Bertz CT molecular complexity index is 468. The minimum Gasteiger partial charge on any atom is -0.326 e. The molecule has 1 rings (SSSR count). The highest BCUT2D eigenvalue weighted by Crippen LogP contribution is 2.21. The zero-order chi connectivity index (χ0) is 13.8. The summed E-state index contributed by atoms with van der Waals surface area (Å²) in [6.45, 7) is 2.96. The Kier molecular flexibility index (Phi) is 5.74. The van der Waals surface area contributed by atoms with Crippen LogP contribution < -0.4 is 10.5 Å². The van der Waals surface area contributed by atoms with Crippen molar-refractivity contribution in [3.63, 3.8) is 0 Å². The van der Waals surface area contributed by atoms with Crippen LogP contribution in [0.2, 0.25) is 0 Å². The van der Waals surface area contributed by atoms with Gasteiger partial charge in [-0.25, -0.2) is 13.1 Å². The van der Waals surface area contributed by atoms with Crippen molar-refractivity contribution in [1.82, 2.24) is 9.62 Å². The highest BCUT2D eigenvalue weighted by molar-refractivity contribution is 7.89. The Morgan fingerprint density at radius 2 is 2.17 bits per heavy atom. The van der Waals surface area contributed by atoms with Crippen LogP contribution in [-0.4, -0.2) is 40.0 Å². The van der Waals surface area contributed by atoms with Gasteiger partial charge in [0.25, 0.3) is 0 Å². The van der Waals surface area contributed by atoms with Gasteiger partial charge in [-0.2, -0.15) is 0 Å². The molecule has 0 fully saturated rings. The summed E-state index contributed by atoms with van der Waals surface area (Å²) < 4.78 is 27.0. The summed E-state index contributed by atoms with van der Waals surface area (Å²) in [4.78, 5) is 3.04. The Morgan fingerprint density at radius 1 is 1.50 bits per heavy atom. The number of thiophene rings is 1. The normalized spacial score (nSPS) is 14.1. The fourth-order valence-electron chi connectivity index (χ4n) is 1.56. The second-order valence-electron chi connectivity index (χ2n) is 4.53. The van der Waals surface area contributed by atoms with Gasteiger partial charge in [0.05, 0.1) is 4.90 Å². The molecular formula is C11H21N3O2S2. The van der Waals surface area contributed by atoms with Crippen LogP contribution in [0.15, 0.2) is 16.3 Å². The molecule has 0 saturated heterocycles. The molecule has 1 heterocycles. The first-order valence-corrected chi connectivity index (χ1v) is 8.16. The number of rotatable bonds is 7. The molecule has 1 atom stereocenters. The quantitative estimate of drug-likeness (QED) is 0.780. The number of hydrogen-bond acceptors (Lipinski definition) is 5. The fraction of sp³-hybridized carbons (Fsp3) is 0.636. The lowest BCUT2D eigenvalue weighted by Gasteiger charge is -2.16. The average Bonchev–Trinajstić information content (AvgIpc) is 2.74. The third kappa shape index (κ3) is 4.33. The van der Waals surface area contributed by atoms with Crippen molar-refractivity contribution >= 4 is 21.4 Å². The topological polar surface area (TPSA) is 75.4 Å². The maximum Gasteiger partial charge on any atom is 0.241 e. The predicted octanol–water partition coefficient (Wildman–Crippen LogP) is 0.825. The van der Waals surface area contributed by atoms with E-state index in [4.69, 9.17) is 5.73 Å². The largest absolute Gasteiger partial charge is 0.326 e. The summed E-state index contributed by atoms with van der Waals surface area (Å²) >= 11 is 1.37. The standard InChI is InChI=1S/C11H21N3O2S2/c1-9(4-6-14(2)3)13-18(15,16)11-5-7-17-10(11)8-12/h5,7,9,13H,4,6,8,12H2,1-3H3. The van der Waals surface area contributed by atoms with E-state index < -0.39 is 10.0 Å². The molecule has 7 heteroatoms. The van der Waals surface area contributed by atoms with Crippen LogP contribution in [0.1, 0.15) is 18.2 Å². The van der Waals surface area contributed by atoms with Gasteiger partial charge in [-0.1, -0.05) is 0 Å². The molecule has 0 bridgehead atoms. The summed E-state index contributed by atoms with van der Waals surface area (Å²) in [5.41, 5.74) is 5.53. The Morgan fingerprint density at radius 3 is 2.72 bits per heavy atom. The second kappa shape index (κ2) is 6.63. The van der Waals surface area contributed by atoms with Crippen molar-refractivity contribution in [2.75, 3.05) is 20.6 Å². The molecule has 0 aliphatic rings. The molecule has 104 valence electrons. The number of nitrogens with zero attached hydrogens (tertiary/aromatic N) is 1. The molecule has 1 aromatic heterocycles. The summed E-state index contributed by atoms with van der Waals surface area (Å²) in [5.74, 6) is 0. The molecule has 0 radical (unpaired) electrons. The van der Waals surface area contributed by atoms with Crippen molar-refractivity contribution in [3.8, 4) is 0 Å². The van der Waals surface area contributed by atoms with Crippen molar-refractivity contribution in [3.05, 3.63) is 16.3 Å². The Labute approximate surface area is 113 Å². The molecule has 0 saturated carbocycles. The number of hydrogen-bond donors (Lipinski definition) is 2. The van der Waals surface area contributed by atoms with Crippen molar-refractivity contribution in [2.24, 2.45) is 5.73 Å². The maximum atomic E-state index is 12.2. The van der Waals surface area contributed by atoms with Crippen LogP contribution >= 0.6 is 11.3 Å². The van der Waals surface area contributed by atoms with Gasteiger partial charge in [0.1, 0.15) is 0 Å². The van der Waals surface area contributed by atoms with Crippen LogP contribution in [0.5, 0.6) is 0 Å². The number of sulfonamides is 1. The Hall–Kier alpha value is -0.470. The number of nitrogens with two attached hydrogens (primary N) is 1. The van der Waals surface area contributed by atoms with Crippen molar-refractivity contribution in [1.29, 1.82) is 0 Å². The van der Waals surface area contributed by atoms with Crippen LogP contribution in [0.3, 0.4) is 0 Å². The molecule has 5 nitrogen and oxygen atoms in total. The zero-order valence-corrected chi connectivity index (χ0v) is 12.6. The molecule has 0 aromatic carbocycles. The Balaban J connectivity index is 2.70. The summed E-state index contributed by atoms with van der Waals surface area (Å²) in [6, 6.07) is 1.51. The average molecular weight is 291 g/mol. The molecule has 0 aliphatic heterocycles. The molecule has 0 aliphatic carbocycles. The van der Waals surface area contributed by atoms with E-state index in [2.05, 4.69) is 4.72 Å². The number of nitrogens with one attached hydrogen (secondary N) is 1. The molecule has 0 amide bonds. The van der Waals surface area contributed by atoms with Gasteiger partial charge in [-0.3, -0.25) is 0 Å². The second-order valence-corrected chi connectivity index (χ2v) is 7.21. The molecule has 0 spiro atoms. The monoisotopic (exact) mass is 291 g/mol. The third-order valence-corrected chi connectivity index (χ3v) is 5.29. The van der Waals surface area contributed by atoms with E-state index in [-0.39, 0.29) is 12.6 Å². The van der Waals surface area contributed by atoms with Crippen molar-refractivity contribution < 1.29 is 8.42 Å². The maximum absolute atomic E-state index is 12.2. The van der Waals surface area contributed by atoms with E-state index in [1.54, 1.807) is 11.4 Å². The van der Waals surface area contributed by atoms with Gasteiger partial charge < -0.3 is 10.6 Å². The van der Waals surface area contributed by atoms with E-state index >= 15 is 0 Å². The smallest absolute Gasteiger partial charge is 0.241 e. The third-order valence-electron chi connectivity index (χ3n) is 2.55.